The Morgan fingerprint density at radius 1 is 0.909 bits per heavy atom. The number of thiazole rings is 1. The van der Waals surface area contributed by atoms with Gasteiger partial charge in [0.2, 0.25) is 0 Å². The van der Waals surface area contributed by atoms with E-state index < -0.39 is 5.54 Å². The van der Waals surface area contributed by atoms with Crippen molar-refractivity contribution in [2.45, 2.75) is 44.2 Å². The third kappa shape index (κ3) is 5.26. The predicted octanol–water partition coefficient (Wildman–Crippen LogP) is 5.40. The molecule has 2 aromatic carbocycles. The summed E-state index contributed by atoms with van der Waals surface area (Å²) in [6.07, 6.45) is 7.39. The maximum atomic E-state index is 13.9. The molecule has 2 fully saturated rings. The lowest BCUT2D eigenvalue weighted by molar-refractivity contribution is 0.0639. The summed E-state index contributed by atoms with van der Waals surface area (Å²) in [7, 11) is 0. The Bertz CT molecular complexity index is 1850. The first-order valence-electron chi connectivity index (χ1n) is 14.9. The molecule has 0 atom stereocenters. The Morgan fingerprint density at radius 2 is 1.70 bits per heavy atom. The fraction of sp³-hybridized carbons (Fsp3) is 0.333. The first-order chi connectivity index (χ1) is 21.5. The second-order valence-corrected chi connectivity index (χ2v) is 12.5. The van der Waals surface area contributed by atoms with Crippen molar-refractivity contribution < 1.29 is 14.3 Å². The second kappa shape index (κ2) is 11.7. The van der Waals surface area contributed by atoms with Gasteiger partial charge in [-0.3, -0.25) is 14.3 Å². The maximum absolute atomic E-state index is 13.9. The smallest absolute Gasteiger partial charge is 0.272 e. The fourth-order valence-corrected chi connectivity index (χ4v) is 7.01. The van der Waals surface area contributed by atoms with Gasteiger partial charge in [-0.25, -0.2) is 9.97 Å². The van der Waals surface area contributed by atoms with Gasteiger partial charge in [0, 0.05) is 56.8 Å². The van der Waals surface area contributed by atoms with Crippen LogP contribution in [0.5, 0.6) is 5.75 Å². The number of aromatic nitrogens is 4. The average molecular weight is 606 g/mol. The summed E-state index contributed by atoms with van der Waals surface area (Å²) >= 11 is 1.59. The van der Waals surface area contributed by atoms with Crippen molar-refractivity contribution >= 4 is 44.3 Å². The van der Waals surface area contributed by atoms with Gasteiger partial charge in [0.15, 0.2) is 5.54 Å². The zero-order valence-electron chi connectivity index (χ0n) is 24.2. The van der Waals surface area contributed by atoms with Gasteiger partial charge in [0.05, 0.1) is 27.4 Å². The molecule has 2 aliphatic rings. The molecular formula is C33H31N7O3S. The standard InChI is InChI=1S/C33H31N7O3S/c34-22-33(40-16-6-13-35-40)11-17-39(18-12-33)32(42)28-20-25(31(41)38-14-4-1-5-15-38)24-19-23(9-10-26(24)36-28)43-21-30-37-27-7-2-3-8-29(27)44-30/h2-3,6-10,13,16,19-20H,1,4-5,11-12,14-15,17-18,21H2. The summed E-state index contributed by atoms with van der Waals surface area (Å²) in [5, 5.41) is 15.8. The molecule has 2 amide bonds. The Kier molecular flexibility index (Phi) is 7.44. The molecule has 5 heterocycles. The molecule has 0 radical (unpaired) electrons. The van der Waals surface area contributed by atoms with Gasteiger partial charge >= 0.3 is 0 Å². The molecule has 2 saturated heterocycles. The van der Waals surface area contributed by atoms with E-state index in [9.17, 15) is 14.9 Å². The van der Waals surface area contributed by atoms with Crippen LogP contribution in [0.2, 0.25) is 0 Å². The minimum atomic E-state index is -0.783. The van der Waals surface area contributed by atoms with Gasteiger partial charge in [-0.05, 0) is 61.7 Å². The lowest BCUT2D eigenvalue weighted by Crippen LogP contribution is -2.47. The van der Waals surface area contributed by atoms with Crippen LogP contribution in [-0.2, 0) is 12.1 Å². The quantitative estimate of drug-likeness (QED) is 0.254. The van der Waals surface area contributed by atoms with Crippen LogP contribution in [0, 0.1) is 11.3 Å². The monoisotopic (exact) mass is 605 g/mol. The van der Waals surface area contributed by atoms with Crippen LogP contribution in [0.25, 0.3) is 21.1 Å². The van der Waals surface area contributed by atoms with Crippen LogP contribution in [0.3, 0.4) is 0 Å². The molecule has 0 N–H and O–H groups in total. The van der Waals surface area contributed by atoms with Gasteiger partial charge < -0.3 is 14.5 Å². The number of carbonyl (C=O) groups is 2. The molecule has 5 aromatic rings. The Balaban J connectivity index is 1.17. The van der Waals surface area contributed by atoms with Crippen LogP contribution in [-0.4, -0.2) is 67.5 Å². The molecule has 0 unspecified atom stereocenters. The number of rotatable bonds is 6. The highest BCUT2D eigenvalue weighted by atomic mass is 32.1. The normalized spacial score (nSPS) is 16.6. The molecule has 3 aromatic heterocycles. The maximum Gasteiger partial charge on any atom is 0.272 e. The van der Waals surface area contributed by atoms with Crippen LogP contribution in [0.15, 0.2) is 67.0 Å². The van der Waals surface area contributed by atoms with Crippen LogP contribution >= 0.6 is 11.3 Å². The molecule has 7 rings (SSSR count). The molecule has 44 heavy (non-hydrogen) atoms. The number of ether oxygens (including phenoxy) is 1. The number of fused-ring (bicyclic) bond motifs is 2. The molecule has 10 nitrogen and oxygen atoms in total. The van der Waals surface area contributed by atoms with Crippen molar-refractivity contribution in [3.8, 4) is 11.8 Å². The number of nitriles is 1. The van der Waals surface area contributed by atoms with Crippen LogP contribution < -0.4 is 4.74 Å². The SMILES string of the molecule is N#CC1(n2cccn2)CCN(C(=O)c2cc(C(=O)N3CCCCC3)c3cc(OCc4nc5ccccc5s4)ccc3n2)CC1. The highest BCUT2D eigenvalue weighted by Crippen LogP contribution is 2.31. The second-order valence-electron chi connectivity index (χ2n) is 11.3. The lowest BCUT2D eigenvalue weighted by atomic mass is 9.89. The molecule has 2 aliphatic heterocycles. The predicted molar refractivity (Wildman–Crippen MR) is 166 cm³/mol. The van der Waals surface area contributed by atoms with Crippen LogP contribution in [0.1, 0.15) is 58.0 Å². The number of nitrogens with zero attached hydrogens (tertiary/aromatic N) is 7. The number of carbonyl (C=O) groups excluding carboxylic acids is 2. The number of amides is 2. The van der Waals surface area contributed by atoms with Crippen molar-refractivity contribution in [2.75, 3.05) is 26.2 Å². The summed E-state index contributed by atoms with van der Waals surface area (Å²) < 4.78 is 8.93. The van der Waals surface area contributed by atoms with E-state index in [4.69, 9.17) is 9.72 Å². The third-order valence-corrected chi connectivity index (χ3v) is 9.61. The Morgan fingerprint density at radius 3 is 2.45 bits per heavy atom. The highest BCUT2D eigenvalue weighted by Gasteiger charge is 2.39. The minimum absolute atomic E-state index is 0.102. The van der Waals surface area contributed by atoms with Crippen LogP contribution in [0.4, 0.5) is 0 Å². The number of para-hydroxylation sites is 1. The number of pyridine rings is 1. The van der Waals surface area contributed by atoms with E-state index in [-0.39, 0.29) is 17.5 Å². The number of likely N-dealkylation sites (tertiary alicyclic amines) is 2. The molecule has 11 heteroatoms. The number of hydrogen-bond donors (Lipinski definition) is 0. The minimum Gasteiger partial charge on any atom is -0.486 e. The molecule has 0 aliphatic carbocycles. The van der Waals surface area contributed by atoms with Crippen molar-refractivity contribution in [3.63, 3.8) is 0 Å². The van der Waals surface area contributed by atoms with Gasteiger partial charge in [0.1, 0.15) is 23.1 Å². The Hall–Kier alpha value is -4.82. The van der Waals surface area contributed by atoms with E-state index >= 15 is 0 Å². The zero-order valence-corrected chi connectivity index (χ0v) is 25.0. The highest BCUT2D eigenvalue weighted by molar-refractivity contribution is 7.18. The summed E-state index contributed by atoms with van der Waals surface area (Å²) in [6, 6.07) is 19.3. The summed E-state index contributed by atoms with van der Waals surface area (Å²) in [6.45, 7) is 2.47. The van der Waals surface area contributed by atoms with Crippen molar-refractivity contribution in [1.82, 2.24) is 29.5 Å². The molecule has 0 bridgehead atoms. The summed E-state index contributed by atoms with van der Waals surface area (Å²) in [4.78, 5) is 40.6. The van der Waals surface area contributed by atoms with Gasteiger partial charge in [-0.15, -0.1) is 11.3 Å². The number of hydrogen-bond acceptors (Lipinski definition) is 8. The number of piperidine rings is 2. The van der Waals surface area contributed by atoms with E-state index in [0.717, 1.165) is 34.5 Å². The largest absolute Gasteiger partial charge is 0.486 e. The van der Waals surface area contributed by atoms with Gasteiger partial charge in [0.25, 0.3) is 11.8 Å². The van der Waals surface area contributed by atoms with Gasteiger partial charge in [-0.1, -0.05) is 12.1 Å². The molecule has 0 spiro atoms. The first-order valence-corrected chi connectivity index (χ1v) is 15.8. The molecule has 222 valence electrons. The topological polar surface area (TPSA) is 117 Å². The van der Waals surface area contributed by atoms with Crippen molar-refractivity contribution in [3.05, 3.63) is 83.3 Å². The van der Waals surface area contributed by atoms with E-state index in [1.165, 1.54) is 0 Å². The zero-order chi connectivity index (χ0) is 30.1. The van der Waals surface area contributed by atoms with E-state index in [0.29, 0.717) is 67.8 Å². The molecular weight excluding hydrogens is 574 g/mol. The van der Waals surface area contributed by atoms with Crippen molar-refractivity contribution in [1.29, 1.82) is 5.26 Å². The van der Waals surface area contributed by atoms with E-state index in [2.05, 4.69) is 16.2 Å². The van der Waals surface area contributed by atoms with E-state index in [1.54, 1.807) is 51.5 Å². The average Bonchev–Trinajstić information content (AvgIpc) is 3.78. The lowest BCUT2D eigenvalue weighted by Gasteiger charge is -2.37. The first kappa shape index (κ1) is 28.0. The summed E-state index contributed by atoms with van der Waals surface area (Å²) in [5.74, 6) is 0.255. The van der Waals surface area contributed by atoms with Gasteiger partial charge in [-0.2, -0.15) is 10.4 Å². The Labute approximate surface area is 258 Å². The fourth-order valence-electron chi connectivity index (χ4n) is 6.13. The number of benzene rings is 2. The van der Waals surface area contributed by atoms with E-state index in [1.807, 2.05) is 41.3 Å². The van der Waals surface area contributed by atoms with Crippen molar-refractivity contribution in [2.24, 2.45) is 0 Å². The molecule has 0 saturated carbocycles. The third-order valence-electron chi connectivity index (χ3n) is 8.60. The summed E-state index contributed by atoms with van der Waals surface area (Å²) in [5.41, 5.74) is 1.39.